The average Bonchev–Trinajstić information content (AvgIpc) is 3.08. The van der Waals surface area contributed by atoms with Crippen LogP contribution >= 0.6 is 23.4 Å². The fourth-order valence-corrected chi connectivity index (χ4v) is 3.88. The highest BCUT2D eigenvalue weighted by Gasteiger charge is 2.23. The Morgan fingerprint density at radius 2 is 1.83 bits per heavy atom. The van der Waals surface area contributed by atoms with Crippen molar-refractivity contribution in [2.75, 3.05) is 0 Å². The van der Waals surface area contributed by atoms with E-state index in [0.717, 1.165) is 22.6 Å². The lowest BCUT2D eigenvalue weighted by molar-refractivity contribution is -0.115. The van der Waals surface area contributed by atoms with E-state index in [9.17, 15) is 4.79 Å². The van der Waals surface area contributed by atoms with Crippen molar-refractivity contribution in [3.05, 3.63) is 99.4 Å². The maximum Gasteiger partial charge on any atom is 0.264 e. The van der Waals surface area contributed by atoms with Crippen LogP contribution in [0.1, 0.15) is 16.7 Å². The lowest BCUT2D eigenvalue weighted by atomic mass is 10.2. The number of aliphatic imine (C=N–C) groups is 1. The predicted molar refractivity (Wildman–Crippen MR) is 124 cm³/mol. The van der Waals surface area contributed by atoms with E-state index in [1.54, 1.807) is 0 Å². The quantitative estimate of drug-likeness (QED) is 0.492. The Kier molecular flexibility index (Phi) is 6.21. The van der Waals surface area contributed by atoms with Crippen molar-refractivity contribution >= 4 is 46.2 Å². The third-order valence-corrected chi connectivity index (χ3v) is 5.53. The number of aryl methyl sites for hydroxylation is 1. The molecule has 0 radical (unpaired) electrons. The van der Waals surface area contributed by atoms with Crippen molar-refractivity contribution in [3.63, 3.8) is 0 Å². The normalized spacial score (nSPS) is 16.1. The van der Waals surface area contributed by atoms with Gasteiger partial charge in [0.2, 0.25) is 0 Å². The molecule has 4 rings (SSSR count). The van der Waals surface area contributed by atoms with Crippen LogP contribution in [0.25, 0.3) is 6.08 Å². The van der Waals surface area contributed by atoms with Gasteiger partial charge in [-0.1, -0.05) is 53.6 Å². The second-order valence-electron chi connectivity index (χ2n) is 6.80. The zero-order chi connectivity index (χ0) is 20.9. The molecule has 0 aromatic heterocycles. The summed E-state index contributed by atoms with van der Waals surface area (Å²) in [4.78, 5) is 17.4. The number of amides is 1. The number of carbonyl (C=O) groups is 1. The van der Waals surface area contributed by atoms with Crippen LogP contribution in [0.2, 0.25) is 5.02 Å². The number of nitrogens with one attached hydrogen (secondary N) is 1. The summed E-state index contributed by atoms with van der Waals surface area (Å²) in [7, 11) is 0. The first-order valence-electron chi connectivity index (χ1n) is 9.39. The molecule has 1 aliphatic heterocycles. The Hall–Kier alpha value is -3.02. The number of thioether (sulfide) groups is 1. The minimum atomic E-state index is -0.146. The molecule has 1 N–H and O–H groups in total. The Morgan fingerprint density at radius 1 is 1.07 bits per heavy atom. The SMILES string of the molecule is Cc1ccc(N=C2NC(=O)/C(=C/c3ccc(OCc4cccc(Cl)c4)cc3)S2)cc1. The smallest absolute Gasteiger partial charge is 0.264 e. The molecular formula is C24H19ClN2O2S. The Labute approximate surface area is 184 Å². The lowest BCUT2D eigenvalue weighted by Crippen LogP contribution is -2.19. The van der Waals surface area contributed by atoms with Crippen LogP contribution < -0.4 is 10.1 Å². The van der Waals surface area contributed by atoms with Gasteiger partial charge in [-0.15, -0.1) is 0 Å². The van der Waals surface area contributed by atoms with Gasteiger partial charge in [-0.05, 0) is 72.3 Å². The maximum atomic E-state index is 12.3. The van der Waals surface area contributed by atoms with E-state index in [1.165, 1.54) is 17.3 Å². The zero-order valence-corrected chi connectivity index (χ0v) is 17.8. The standard InChI is InChI=1S/C24H19ClN2O2S/c1-16-5-9-20(10-6-16)26-24-27-23(28)22(30-24)14-17-7-11-21(12-8-17)29-15-18-3-2-4-19(25)13-18/h2-14H,15H2,1H3,(H,26,27,28)/b22-14-. The first kappa shape index (κ1) is 20.3. The monoisotopic (exact) mass is 434 g/mol. The van der Waals surface area contributed by atoms with E-state index < -0.39 is 0 Å². The number of amidine groups is 1. The number of hydrogen-bond acceptors (Lipinski definition) is 4. The van der Waals surface area contributed by atoms with Crippen LogP contribution in [0.3, 0.4) is 0 Å². The molecule has 0 spiro atoms. The minimum Gasteiger partial charge on any atom is -0.489 e. The van der Waals surface area contributed by atoms with E-state index in [-0.39, 0.29) is 5.91 Å². The molecule has 1 aliphatic rings. The predicted octanol–water partition coefficient (Wildman–Crippen LogP) is 6.12. The largest absolute Gasteiger partial charge is 0.489 e. The molecule has 0 unspecified atom stereocenters. The summed E-state index contributed by atoms with van der Waals surface area (Å²) >= 11 is 7.33. The first-order valence-corrected chi connectivity index (χ1v) is 10.6. The number of nitrogens with zero attached hydrogens (tertiary/aromatic N) is 1. The third kappa shape index (κ3) is 5.32. The summed E-state index contributed by atoms with van der Waals surface area (Å²) in [6.07, 6.45) is 1.85. The molecule has 3 aromatic rings. The summed E-state index contributed by atoms with van der Waals surface area (Å²) < 4.78 is 5.80. The van der Waals surface area contributed by atoms with Gasteiger partial charge in [-0.2, -0.15) is 0 Å². The Balaban J connectivity index is 1.40. The second kappa shape index (κ2) is 9.20. The molecule has 0 atom stereocenters. The van der Waals surface area contributed by atoms with E-state index >= 15 is 0 Å². The van der Waals surface area contributed by atoms with E-state index in [4.69, 9.17) is 16.3 Å². The molecular weight excluding hydrogens is 416 g/mol. The van der Waals surface area contributed by atoms with E-state index in [1.807, 2.05) is 85.8 Å². The fourth-order valence-electron chi connectivity index (χ4n) is 2.82. The van der Waals surface area contributed by atoms with Gasteiger partial charge < -0.3 is 10.1 Å². The molecule has 1 saturated heterocycles. The van der Waals surface area contributed by atoms with Crippen molar-refractivity contribution in [3.8, 4) is 5.75 Å². The zero-order valence-electron chi connectivity index (χ0n) is 16.3. The van der Waals surface area contributed by atoms with Crippen molar-refractivity contribution in [2.24, 2.45) is 4.99 Å². The summed E-state index contributed by atoms with van der Waals surface area (Å²) in [5, 5.41) is 4.08. The summed E-state index contributed by atoms with van der Waals surface area (Å²) in [5.74, 6) is 0.606. The van der Waals surface area contributed by atoms with Crippen molar-refractivity contribution in [1.29, 1.82) is 0 Å². The van der Waals surface area contributed by atoms with Gasteiger partial charge in [0, 0.05) is 5.02 Å². The van der Waals surface area contributed by atoms with Crippen LogP contribution in [0.15, 0.2) is 82.7 Å². The summed E-state index contributed by atoms with van der Waals surface area (Å²) in [6.45, 7) is 2.47. The molecule has 1 heterocycles. The third-order valence-electron chi connectivity index (χ3n) is 4.39. The molecule has 30 heavy (non-hydrogen) atoms. The number of rotatable bonds is 5. The van der Waals surface area contributed by atoms with E-state index in [2.05, 4.69) is 10.3 Å². The van der Waals surface area contributed by atoms with Gasteiger partial charge in [0.1, 0.15) is 12.4 Å². The minimum absolute atomic E-state index is 0.146. The van der Waals surface area contributed by atoms with Gasteiger partial charge in [0.15, 0.2) is 5.17 Å². The second-order valence-corrected chi connectivity index (χ2v) is 8.27. The molecule has 0 saturated carbocycles. The summed E-state index contributed by atoms with van der Waals surface area (Å²) in [6, 6.07) is 23.0. The van der Waals surface area contributed by atoms with Crippen molar-refractivity contribution < 1.29 is 9.53 Å². The van der Waals surface area contributed by atoms with Crippen LogP contribution in [-0.2, 0) is 11.4 Å². The van der Waals surface area contributed by atoms with Gasteiger partial charge >= 0.3 is 0 Å². The van der Waals surface area contributed by atoms with Gasteiger partial charge in [0.05, 0.1) is 10.6 Å². The first-order chi connectivity index (χ1) is 14.5. The molecule has 3 aromatic carbocycles. The van der Waals surface area contributed by atoms with Crippen molar-refractivity contribution in [1.82, 2.24) is 5.32 Å². The Morgan fingerprint density at radius 3 is 2.57 bits per heavy atom. The highest BCUT2D eigenvalue weighted by Crippen LogP contribution is 2.28. The van der Waals surface area contributed by atoms with E-state index in [0.29, 0.717) is 21.7 Å². The molecule has 0 aliphatic carbocycles. The average molecular weight is 435 g/mol. The van der Waals surface area contributed by atoms with Crippen LogP contribution in [0.4, 0.5) is 5.69 Å². The number of halogens is 1. The number of benzene rings is 3. The van der Waals surface area contributed by atoms with Crippen LogP contribution in [0, 0.1) is 6.92 Å². The van der Waals surface area contributed by atoms with Crippen LogP contribution in [0.5, 0.6) is 5.75 Å². The van der Waals surface area contributed by atoms with Gasteiger partial charge in [-0.3, -0.25) is 4.79 Å². The highest BCUT2D eigenvalue weighted by atomic mass is 35.5. The topological polar surface area (TPSA) is 50.7 Å². The number of carbonyl (C=O) groups excluding carboxylic acids is 1. The fraction of sp³-hybridized carbons (Fsp3) is 0.0833. The highest BCUT2D eigenvalue weighted by molar-refractivity contribution is 8.18. The van der Waals surface area contributed by atoms with Crippen LogP contribution in [-0.4, -0.2) is 11.1 Å². The maximum absolute atomic E-state index is 12.3. The molecule has 6 heteroatoms. The lowest BCUT2D eigenvalue weighted by Gasteiger charge is -2.07. The Bertz CT molecular complexity index is 1120. The number of ether oxygens (including phenoxy) is 1. The van der Waals surface area contributed by atoms with Gasteiger partial charge in [-0.25, -0.2) is 4.99 Å². The molecule has 150 valence electrons. The molecule has 1 amide bonds. The molecule has 4 nitrogen and oxygen atoms in total. The molecule has 1 fully saturated rings. The summed E-state index contributed by atoms with van der Waals surface area (Å²) in [5.41, 5.74) is 3.90. The van der Waals surface area contributed by atoms with Gasteiger partial charge in [0.25, 0.3) is 5.91 Å². The molecule has 0 bridgehead atoms. The van der Waals surface area contributed by atoms with Crippen molar-refractivity contribution in [2.45, 2.75) is 13.5 Å². The number of hydrogen-bond donors (Lipinski definition) is 1.